The number of esters is 1. The van der Waals surface area contributed by atoms with Crippen molar-refractivity contribution in [2.75, 3.05) is 12.4 Å². The van der Waals surface area contributed by atoms with Gasteiger partial charge in [0.25, 0.3) is 0 Å². The Balaban J connectivity index is 1.82. The third-order valence-electron chi connectivity index (χ3n) is 7.19. The molecule has 0 amide bonds. The number of unbranched alkanes of at least 4 members (excludes halogenated alkanes) is 3. The van der Waals surface area contributed by atoms with Crippen molar-refractivity contribution in [3.8, 4) is 0 Å². The minimum absolute atomic E-state index is 0.100. The molecular formula is C27H42O4S. The standard InChI is InChI=1S/C27H42O4S/c1-6-31-25(29)12-10-8-7-9-11-22-23(28)17-18-24(22)32-19-27(5,30)26(3,4)21-15-13-20(2)14-16-21/h13-16,22,24,30H,6-12,17-19H2,1-5H3. The van der Waals surface area contributed by atoms with Gasteiger partial charge in [0, 0.05) is 35.2 Å². The van der Waals surface area contributed by atoms with Crippen molar-refractivity contribution >= 4 is 23.5 Å². The fourth-order valence-corrected chi connectivity index (χ4v) is 6.08. The van der Waals surface area contributed by atoms with Crippen molar-refractivity contribution in [2.45, 2.75) is 102 Å². The van der Waals surface area contributed by atoms with Crippen molar-refractivity contribution in [1.29, 1.82) is 0 Å². The molecule has 1 saturated carbocycles. The Bertz CT molecular complexity index is 739. The highest BCUT2D eigenvalue weighted by atomic mass is 32.2. The van der Waals surface area contributed by atoms with Gasteiger partial charge in [-0.05, 0) is 45.6 Å². The van der Waals surface area contributed by atoms with Crippen molar-refractivity contribution in [3.63, 3.8) is 0 Å². The van der Waals surface area contributed by atoms with Crippen LogP contribution in [0.4, 0.5) is 0 Å². The Hall–Kier alpha value is -1.33. The number of carbonyl (C=O) groups excluding carboxylic acids is 2. The molecule has 1 aromatic carbocycles. The topological polar surface area (TPSA) is 63.6 Å². The molecular weight excluding hydrogens is 420 g/mol. The molecule has 0 aromatic heterocycles. The normalized spacial score (nSPS) is 20.9. The Morgan fingerprint density at radius 2 is 1.78 bits per heavy atom. The molecule has 1 fully saturated rings. The van der Waals surface area contributed by atoms with E-state index in [0.717, 1.165) is 44.1 Å². The summed E-state index contributed by atoms with van der Waals surface area (Å²) in [7, 11) is 0. The van der Waals surface area contributed by atoms with Gasteiger partial charge in [-0.25, -0.2) is 0 Å². The summed E-state index contributed by atoms with van der Waals surface area (Å²) in [6.45, 7) is 10.5. The Morgan fingerprint density at radius 1 is 1.12 bits per heavy atom. The monoisotopic (exact) mass is 462 g/mol. The second-order valence-electron chi connectivity index (χ2n) is 9.98. The molecule has 1 aliphatic carbocycles. The lowest BCUT2D eigenvalue weighted by atomic mass is 9.72. The molecule has 3 atom stereocenters. The maximum absolute atomic E-state index is 12.5. The molecule has 0 spiro atoms. The van der Waals surface area contributed by atoms with E-state index in [-0.39, 0.29) is 17.3 Å². The van der Waals surface area contributed by atoms with Crippen LogP contribution in [0.25, 0.3) is 0 Å². The van der Waals surface area contributed by atoms with Gasteiger partial charge >= 0.3 is 5.97 Å². The second-order valence-corrected chi connectivity index (χ2v) is 11.2. The number of rotatable bonds is 13. The number of Topliss-reactive ketones (excluding diaryl/α,β-unsaturated/α-hetero) is 1. The molecule has 0 aliphatic heterocycles. The zero-order valence-corrected chi connectivity index (χ0v) is 21.4. The molecule has 0 radical (unpaired) electrons. The second kappa shape index (κ2) is 12.2. The third kappa shape index (κ3) is 7.34. The molecule has 1 aliphatic rings. The van der Waals surface area contributed by atoms with Gasteiger partial charge in [-0.15, -0.1) is 0 Å². The molecule has 0 saturated heterocycles. The molecule has 3 unspecified atom stereocenters. The van der Waals surface area contributed by atoms with E-state index < -0.39 is 5.60 Å². The number of hydrogen-bond donors (Lipinski definition) is 1. The lowest BCUT2D eigenvalue weighted by Crippen LogP contribution is -2.47. The van der Waals surface area contributed by atoms with E-state index in [9.17, 15) is 14.7 Å². The summed E-state index contributed by atoms with van der Waals surface area (Å²) in [5.74, 6) is 0.979. The summed E-state index contributed by atoms with van der Waals surface area (Å²) < 4.78 is 4.96. The predicted molar refractivity (Wildman–Crippen MR) is 133 cm³/mol. The quantitative estimate of drug-likeness (QED) is 0.287. The maximum Gasteiger partial charge on any atom is 0.305 e. The molecule has 180 valence electrons. The maximum atomic E-state index is 12.5. The smallest absolute Gasteiger partial charge is 0.305 e. The van der Waals surface area contributed by atoms with Crippen LogP contribution in [0.5, 0.6) is 0 Å². The van der Waals surface area contributed by atoms with Crippen LogP contribution < -0.4 is 0 Å². The summed E-state index contributed by atoms with van der Waals surface area (Å²) >= 11 is 1.77. The fourth-order valence-electron chi connectivity index (χ4n) is 4.38. The average molecular weight is 463 g/mol. The highest BCUT2D eigenvalue weighted by Gasteiger charge is 2.43. The lowest BCUT2D eigenvalue weighted by Gasteiger charge is -2.41. The summed E-state index contributed by atoms with van der Waals surface area (Å²) in [6, 6.07) is 8.41. The number of thioether (sulfide) groups is 1. The van der Waals surface area contributed by atoms with E-state index in [0.29, 0.717) is 36.2 Å². The molecule has 0 bridgehead atoms. The Kier molecular flexibility index (Phi) is 10.3. The number of aliphatic hydroxyl groups is 1. The van der Waals surface area contributed by atoms with Crippen LogP contribution >= 0.6 is 11.8 Å². The number of aryl methyl sites for hydroxylation is 1. The molecule has 4 nitrogen and oxygen atoms in total. The summed E-state index contributed by atoms with van der Waals surface area (Å²) in [5, 5.41) is 11.7. The molecule has 2 rings (SSSR count). The number of ketones is 1. The first kappa shape index (κ1) is 26.9. The fraction of sp³-hybridized carbons (Fsp3) is 0.704. The SMILES string of the molecule is CCOC(=O)CCCCCCC1C(=O)CCC1SCC(C)(O)C(C)(C)c1ccc(C)cc1. The van der Waals surface area contributed by atoms with Crippen LogP contribution in [0.15, 0.2) is 24.3 Å². The first-order valence-electron chi connectivity index (χ1n) is 12.2. The first-order chi connectivity index (χ1) is 15.1. The number of hydrogen-bond acceptors (Lipinski definition) is 5. The summed E-state index contributed by atoms with van der Waals surface area (Å²) in [5.41, 5.74) is 1.09. The van der Waals surface area contributed by atoms with Gasteiger partial charge in [0.2, 0.25) is 0 Å². The van der Waals surface area contributed by atoms with Gasteiger partial charge in [-0.2, -0.15) is 11.8 Å². The van der Waals surface area contributed by atoms with Gasteiger partial charge in [-0.3, -0.25) is 9.59 Å². The highest BCUT2D eigenvalue weighted by Crippen LogP contribution is 2.42. The largest absolute Gasteiger partial charge is 0.466 e. The van der Waals surface area contributed by atoms with Crippen LogP contribution in [0.3, 0.4) is 0 Å². The third-order valence-corrected chi connectivity index (χ3v) is 8.91. The molecule has 5 heteroatoms. The zero-order chi connectivity index (χ0) is 23.8. The van der Waals surface area contributed by atoms with Crippen LogP contribution in [-0.4, -0.2) is 40.1 Å². The molecule has 1 aromatic rings. The van der Waals surface area contributed by atoms with Crippen molar-refractivity contribution < 1.29 is 19.4 Å². The van der Waals surface area contributed by atoms with E-state index >= 15 is 0 Å². The van der Waals surface area contributed by atoms with Gasteiger partial charge in [0.15, 0.2) is 0 Å². The van der Waals surface area contributed by atoms with Gasteiger partial charge in [0.1, 0.15) is 5.78 Å². The molecule has 0 heterocycles. The minimum atomic E-state index is -0.879. The van der Waals surface area contributed by atoms with E-state index in [4.69, 9.17) is 4.74 Å². The lowest BCUT2D eigenvalue weighted by molar-refractivity contribution is -0.143. The van der Waals surface area contributed by atoms with Gasteiger partial charge in [-0.1, -0.05) is 62.9 Å². The van der Waals surface area contributed by atoms with E-state index in [1.54, 1.807) is 11.8 Å². The summed E-state index contributed by atoms with van der Waals surface area (Å²) in [4.78, 5) is 23.9. The van der Waals surface area contributed by atoms with E-state index in [1.165, 1.54) is 5.56 Å². The predicted octanol–water partition coefficient (Wildman–Crippen LogP) is 6.01. The van der Waals surface area contributed by atoms with Crippen molar-refractivity contribution in [1.82, 2.24) is 0 Å². The van der Waals surface area contributed by atoms with Crippen LogP contribution in [0.2, 0.25) is 0 Å². The summed E-state index contributed by atoms with van der Waals surface area (Å²) in [6.07, 6.45) is 6.89. The Labute approximate surface area is 198 Å². The van der Waals surface area contributed by atoms with Crippen molar-refractivity contribution in [2.24, 2.45) is 5.92 Å². The van der Waals surface area contributed by atoms with Gasteiger partial charge in [0.05, 0.1) is 12.2 Å². The number of carbonyl (C=O) groups is 2. The van der Waals surface area contributed by atoms with Gasteiger partial charge < -0.3 is 9.84 Å². The number of benzene rings is 1. The first-order valence-corrected chi connectivity index (χ1v) is 13.2. The van der Waals surface area contributed by atoms with E-state index in [2.05, 4.69) is 45.0 Å². The highest BCUT2D eigenvalue weighted by molar-refractivity contribution is 8.00. The van der Waals surface area contributed by atoms with Crippen LogP contribution in [-0.2, 0) is 19.7 Å². The Morgan fingerprint density at radius 3 is 2.44 bits per heavy atom. The van der Waals surface area contributed by atoms with Crippen molar-refractivity contribution in [3.05, 3.63) is 35.4 Å². The van der Waals surface area contributed by atoms with Crippen LogP contribution in [0, 0.1) is 12.8 Å². The molecule has 1 N–H and O–H groups in total. The van der Waals surface area contributed by atoms with E-state index in [1.807, 2.05) is 13.8 Å². The number of ether oxygens (including phenoxy) is 1. The van der Waals surface area contributed by atoms with Crippen LogP contribution in [0.1, 0.15) is 90.2 Å². The average Bonchev–Trinajstić information content (AvgIpc) is 3.09. The molecule has 32 heavy (non-hydrogen) atoms. The minimum Gasteiger partial charge on any atom is -0.466 e. The zero-order valence-electron chi connectivity index (χ0n) is 20.6.